The maximum absolute atomic E-state index is 12.7. The smallest absolute Gasteiger partial charge is 0.245 e. The number of rotatable bonds is 11. The van der Waals surface area contributed by atoms with Gasteiger partial charge in [0.15, 0.2) is 0 Å². The first-order valence-corrected chi connectivity index (χ1v) is 11.3. The second kappa shape index (κ2) is 12.5. The van der Waals surface area contributed by atoms with Crippen LogP contribution in [0.1, 0.15) is 24.5 Å². The van der Waals surface area contributed by atoms with Gasteiger partial charge in [0, 0.05) is 20.1 Å². The number of nitrogens with one attached hydrogen (secondary N) is 3. The van der Waals surface area contributed by atoms with Gasteiger partial charge in [-0.25, -0.2) is 0 Å². The third-order valence-corrected chi connectivity index (χ3v) is 5.55. The van der Waals surface area contributed by atoms with Crippen LogP contribution in [0, 0.1) is 0 Å². The molecule has 34 heavy (non-hydrogen) atoms. The van der Waals surface area contributed by atoms with E-state index in [0.29, 0.717) is 13.0 Å². The molecule has 0 aliphatic heterocycles. The molecule has 0 saturated heterocycles. The minimum Gasteiger partial charge on any atom is -0.382 e. The molecule has 0 aliphatic carbocycles. The van der Waals surface area contributed by atoms with E-state index in [1.54, 1.807) is 6.92 Å². The van der Waals surface area contributed by atoms with E-state index in [-0.39, 0.29) is 24.8 Å². The molecule has 7 heteroatoms. The fourth-order valence-corrected chi connectivity index (χ4v) is 3.68. The number of methoxy groups -OCH3 is 1. The number of ether oxygens (including phenoxy) is 1. The number of aryl methyl sites for hydroxylation is 1. The highest BCUT2D eigenvalue weighted by Gasteiger charge is 2.24. The lowest BCUT2D eigenvalue weighted by Gasteiger charge is -2.21. The lowest BCUT2D eigenvalue weighted by molar-refractivity contribution is -0.133. The molecule has 0 spiro atoms. The summed E-state index contributed by atoms with van der Waals surface area (Å²) in [6, 6.07) is 21.9. The SMILES string of the molecule is COCC(NC(=O)CCc1ccccc1)C(=O)NC(C)C(=O)NCc1cccc2ccccc12. The van der Waals surface area contributed by atoms with E-state index in [1.165, 1.54) is 7.11 Å². The van der Waals surface area contributed by atoms with Gasteiger partial charge >= 0.3 is 0 Å². The van der Waals surface area contributed by atoms with Gasteiger partial charge in [0.1, 0.15) is 12.1 Å². The zero-order valence-electron chi connectivity index (χ0n) is 19.5. The normalized spacial score (nSPS) is 12.5. The van der Waals surface area contributed by atoms with Crippen molar-refractivity contribution in [2.45, 2.75) is 38.4 Å². The summed E-state index contributed by atoms with van der Waals surface area (Å²) in [5.41, 5.74) is 2.04. The van der Waals surface area contributed by atoms with E-state index in [9.17, 15) is 14.4 Å². The quantitative estimate of drug-likeness (QED) is 0.409. The van der Waals surface area contributed by atoms with Crippen LogP contribution in [0.4, 0.5) is 0 Å². The molecule has 0 saturated carbocycles. The molecule has 3 N–H and O–H groups in total. The molecule has 7 nitrogen and oxygen atoms in total. The summed E-state index contributed by atoms with van der Waals surface area (Å²) in [5, 5.41) is 10.4. The Labute approximate surface area is 199 Å². The van der Waals surface area contributed by atoms with Gasteiger partial charge in [-0.15, -0.1) is 0 Å². The fraction of sp³-hybridized carbons (Fsp3) is 0.296. The Morgan fingerprint density at radius 3 is 2.32 bits per heavy atom. The molecule has 3 amide bonds. The van der Waals surface area contributed by atoms with Gasteiger partial charge in [-0.1, -0.05) is 72.8 Å². The van der Waals surface area contributed by atoms with Gasteiger partial charge in [0.2, 0.25) is 17.7 Å². The summed E-state index contributed by atoms with van der Waals surface area (Å²) >= 11 is 0. The Morgan fingerprint density at radius 2 is 1.56 bits per heavy atom. The fourth-order valence-electron chi connectivity index (χ4n) is 3.68. The number of amides is 3. The number of carbonyl (C=O) groups excluding carboxylic acids is 3. The Balaban J connectivity index is 1.50. The van der Waals surface area contributed by atoms with Gasteiger partial charge in [0.05, 0.1) is 6.61 Å². The van der Waals surface area contributed by atoms with Crippen LogP contribution in [0.3, 0.4) is 0 Å². The van der Waals surface area contributed by atoms with Crippen LogP contribution in [0.25, 0.3) is 10.8 Å². The van der Waals surface area contributed by atoms with Gasteiger partial charge in [-0.3, -0.25) is 14.4 Å². The third kappa shape index (κ3) is 7.15. The van der Waals surface area contributed by atoms with Crippen molar-refractivity contribution in [3.63, 3.8) is 0 Å². The van der Waals surface area contributed by atoms with Crippen LogP contribution in [0.5, 0.6) is 0 Å². The molecule has 3 aromatic rings. The summed E-state index contributed by atoms with van der Waals surface area (Å²) in [6.45, 7) is 1.96. The van der Waals surface area contributed by atoms with Crippen molar-refractivity contribution in [3.8, 4) is 0 Å². The summed E-state index contributed by atoms with van der Waals surface area (Å²) in [6.07, 6.45) is 0.819. The van der Waals surface area contributed by atoms with E-state index >= 15 is 0 Å². The number of hydrogen-bond donors (Lipinski definition) is 3. The van der Waals surface area contributed by atoms with Crippen molar-refractivity contribution in [1.29, 1.82) is 0 Å². The van der Waals surface area contributed by atoms with Crippen molar-refractivity contribution < 1.29 is 19.1 Å². The van der Waals surface area contributed by atoms with Crippen molar-refractivity contribution >= 4 is 28.5 Å². The molecule has 0 aromatic heterocycles. The standard InChI is InChI=1S/C27H31N3O4/c1-19(26(32)28-17-22-13-8-12-21-11-6-7-14-23(21)22)29-27(33)24(18-34-2)30-25(31)16-15-20-9-4-3-5-10-20/h3-14,19,24H,15-18H2,1-2H3,(H,28,32)(H,29,33)(H,30,31). The molecule has 0 bridgehead atoms. The first kappa shape index (κ1) is 24.9. The highest BCUT2D eigenvalue weighted by molar-refractivity contribution is 5.92. The molecule has 2 atom stereocenters. The number of hydrogen-bond acceptors (Lipinski definition) is 4. The van der Waals surface area contributed by atoms with E-state index in [0.717, 1.165) is 21.9 Å². The van der Waals surface area contributed by atoms with Crippen LogP contribution in [-0.2, 0) is 32.1 Å². The lowest BCUT2D eigenvalue weighted by atomic mass is 10.0. The van der Waals surface area contributed by atoms with Crippen molar-refractivity contribution in [2.24, 2.45) is 0 Å². The summed E-state index contributed by atoms with van der Waals surface area (Å²) in [4.78, 5) is 37.7. The number of benzene rings is 3. The Morgan fingerprint density at radius 1 is 0.853 bits per heavy atom. The van der Waals surface area contributed by atoms with Gasteiger partial charge in [-0.2, -0.15) is 0 Å². The van der Waals surface area contributed by atoms with Crippen LogP contribution >= 0.6 is 0 Å². The molecular formula is C27H31N3O4. The molecule has 3 aromatic carbocycles. The first-order valence-electron chi connectivity index (χ1n) is 11.3. The largest absolute Gasteiger partial charge is 0.382 e. The first-order chi connectivity index (χ1) is 16.5. The van der Waals surface area contributed by atoms with Gasteiger partial charge in [0.25, 0.3) is 0 Å². The topological polar surface area (TPSA) is 96.5 Å². The highest BCUT2D eigenvalue weighted by atomic mass is 16.5. The highest BCUT2D eigenvalue weighted by Crippen LogP contribution is 2.18. The summed E-state index contributed by atoms with van der Waals surface area (Å²) in [5.74, 6) is -1.04. The average molecular weight is 462 g/mol. The summed E-state index contributed by atoms with van der Waals surface area (Å²) < 4.78 is 5.10. The second-order valence-corrected chi connectivity index (χ2v) is 8.15. The molecule has 0 aliphatic rings. The molecule has 0 radical (unpaired) electrons. The number of fused-ring (bicyclic) bond motifs is 1. The Hall–Kier alpha value is -3.71. The zero-order chi connectivity index (χ0) is 24.3. The molecular weight excluding hydrogens is 430 g/mol. The predicted octanol–water partition coefficient (Wildman–Crippen LogP) is 2.72. The van der Waals surface area contributed by atoms with E-state index in [2.05, 4.69) is 16.0 Å². The molecule has 178 valence electrons. The van der Waals surface area contributed by atoms with Gasteiger partial charge < -0.3 is 20.7 Å². The van der Waals surface area contributed by atoms with Crippen LogP contribution in [0.15, 0.2) is 72.8 Å². The van der Waals surface area contributed by atoms with Crippen LogP contribution < -0.4 is 16.0 Å². The van der Waals surface area contributed by atoms with E-state index < -0.39 is 18.0 Å². The minimum atomic E-state index is -0.887. The molecule has 3 rings (SSSR count). The van der Waals surface area contributed by atoms with E-state index in [1.807, 2.05) is 72.8 Å². The third-order valence-electron chi connectivity index (χ3n) is 5.55. The predicted molar refractivity (Wildman–Crippen MR) is 132 cm³/mol. The second-order valence-electron chi connectivity index (χ2n) is 8.15. The monoisotopic (exact) mass is 461 g/mol. The average Bonchev–Trinajstić information content (AvgIpc) is 2.86. The van der Waals surface area contributed by atoms with Crippen molar-refractivity contribution in [3.05, 3.63) is 83.9 Å². The molecule has 0 fully saturated rings. The zero-order valence-corrected chi connectivity index (χ0v) is 19.5. The van der Waals surface area contributed by atoms with Crippen molar-refractivity contribution in [2.75, 3.05) is 13.7 Å². The Kier molecular flexibility index (Phi) is 9.17. The number of carbonyl (C=O) groups is 3. The molecule has 0 heterocycles. The van der Waals surface area contributed by atoms with Crippen molar-refractivity contribution in [1.82, 2.24) is 16.0 Å². The van der Waals surface area contributed by atoms with Gasteiger partial charge in [-0.05, 0) is 35.2 Å². The van der Waals surface area contributed by atoms with Crippen LogP contribution in [-0.4, -0.2) is 43.5 Å². The minimum absolute atomic E-state index is 0.00720. The van der Waals surface area contributed by atoms with Crippen LogP contribution in [0.2, 0.25) is 0 Å². The summed E-state index contributed by atoms with van der Waals surface area (Å²) in [7, 11) is 1.46. The Bertz CT molecular complexity index is 1110. The maximum Gasteiger partial charge on any atom is 0.245 e. The maximum atomic E-state index is 12.7. The molecule has 2 unspecified atom stereocenters. The van der Waals surface area contributed by atoms with E-state index in [4.69, 9.17) is 4.74 Å². The lowest BCUT2D eigenvalue weighted by Crippen LogP contribution is -2.54.